The Balaban J connectivity index is 2.32. The average Bonchev–Trinajstić information content (AvgIpc) is 2.61. The highest BCUT2D eigenvalue weighted by Crippen LogP contribution is 2.31. The second kappa shape index (κ2) is 5.11. The molecule has 3 nitrogen and oxygen atoms in total. The Hall–Kier alpha value is -1.35. The maximum absolute atomic E-state index is 11.7. The molecule has 0 spiro atoms. The Morgan fingerprint density at radius 2 is 2.11 bits per heavy atom. The molecular formula is C15H22N2O. The number of anilines is 1. The standard InChI is InChI=1S/C15H22N2O/c1-5-16-15(10(2)3)11-6-7-13-12(8-11)9-14(18)17(13)4/h6-8,10,15-16H,5,9H2,1-4H3. The summed E-state index contributed by atoms with van der Waals surface area (Å²) in [7, 11) is 1.85. The highest BCUT2D eigenvalue weighted by Gasteiger charge is 2.25. The van der Waals surface area contributed by atoms with Crippen LogP contribution >= 0.6 is 0 Å². The van der Waals surface area contributed by atoms with Gasteiger partial charge in [0, 0.05) is 18.8 Å². The molecule has 2 rings (SSSR count). The first-order valence-electron chi connectivity index (χ1n) is 6.67. The number of carbonyl (C=O) groups is 1. The molecule has 1 aromatic rings. The van der Waals surface area contributed by atoms with Gasteiger partial charge in [-0.1, -0.05) is 32.9 Å². The molecule has 1 heterocycles. The van der Waals surface area contributed by atoms with Crippen molar-refractivity contribution < 1.29 is 4.79 Å². The van der Waals surface area contributed by atoms with Crippen LogP contribution in [0.5, 0.6) is 0 Å². The highest BCUT2D eigenvalue weighted by molar-refractivity contribution is 6.00. The van der Waals surface area contributed by atoms with Crippen LogP contribution in [0.4, 0.5) is 5.69 Å². The fourth-order valence-corrected chi connectivity index (χ4v) is 2.64. The summed E-state index contributed by atoms with van der Waals surface area (Å²) >= 11 is 0. The largest absolute Gasteiger partial charge is 0.315 e. The molecule has 1 amide bonds. The molecular weight excluding hydrogens is 224 g/mol. The van der Waals surface area contributed by atoms with Crippen molar-refractivity contribution in [3.05, 3.63) is 29.3 Å². The number of carbonyl (C=O) groups excluding carboxylic acids is 1. The van der Waals surface area contributed by atoms with Gasteiger partial charge < -0.3 is 10.2 Å². The molecule has 0 saturated carbocycles. The molecule has 1 aromatic carbocycles. The van der Waals surface area contributed by atoms with Crippen LogP contribution in [0.3, 0.4) is 0 Å². The van der Waals surface area contributed by atoms with E-state index in [-0.39, 0.29) is 5.91 Å². The minimum absolute atomic E-state index is 0.187. The maximum Gasteiger partial charge on any atom is 0.231 e. The number of rotatable bonds is 4. The number of hydrogen-bond acceptors (Lipinski definition) is 2. The van der Waals surface area contributed by atoms with Gasteiger partial charge in [0.05, 0.1) is 6.42 Å². The molecule has 3 heteroatoms. The molecule has 1 aliphatic heterocycles. The summed E-state index contributed by atoms with van der Waals surface area (Å²) in [6.07, 6.45) is 0.538. The summed E-state index contributed by atoms with van der Waals surface area (Å²) in [5, 5.41) is 3.51. The Kier molecular flexibility index (Phi) is 3.71. The molecule has 0 radical (unpaired) electrons. The zero-order chi connectivity index (χ0) is 13.3. The summed E-state index contributed by atoms with van der Waals surface area (Å²) in [6, 6.07) is 6.76. The van der Waals surface area contributed by atoms with Crippen LogP contribution in [0.2, 0.25) is 0 Å². The SMILES string of the molecule is CCNC(c1ccc2c(c1)CC(=O)N2C)C(C)C. The van der Waals surface area contributed by atoms with Crippen LogP contribution in [0.1, 0.15) is 37.9 Å². The Labute approximate surface area is 109 Å². The van der Waals surface area contributed by atoms with E-state index in [0.717, 1.165) is 17.8 Å². The molecule has 18 heavy (non-hydrogen) atoms. The van der Waals surface area contributed by atoms with E-state index in [1.807, 2.05) is 7.05 Å². The fourth-order valence-electron chi connectivity index (χ4n) is 2.64. The second-order valence-electron chi connectivity index (χ2n) is 5.30. The maximum atomic E-state index is 11.7. The number of benzene rings is 1. The molecule has 1 aliphatic rings. The van der Waals surface area contributed by atoms with Crippen LogP contribution in [0.15, 0.2) is 18.2 Å². The van der Waals surface area contributed by atoms with Gasteiger partial charge in [0.2, 0.25) is 5.91 Å². The van der Waals surface area contributed by atoms with E-state index < -0.39 is 0 Å². The molecule has 1 atom stereocenters. The summed E-state index contributed by atoms with van der Waals surface area (Å²) in [5.41, 5.74) is 3.50. The number of nitrogens with zero attached hydrogens (tertiary/aromatic N) is 1. The minimum atomic E-state index is 0.187. The van der Waals surface area contributed by atoms with E-state index in [2.05, 4.69) is 44.3 Å². The topological polar surface area (TPSA) is 32.3 Å². The van der Waals surface area contributed by atoms with E-state index in [1.54, 1.807) is 4.90 Å². The first kappa shape index (κ1) is 13.1. The number of likely N-dealkylation sites (N-methyl/N-ethyl adjacent to an activating group) is 1. The third-order valence-corrected chi connectivity index (χ3v) is 3.63. The molecule has 0 aliphatic carbocycles. The Morgan fingerprint density at radius 3 is 2.72 bits per heavy atom. The van der Waals surface area contributed by atoms with Crippen molar-refractivity contribution in [2.24, 2.45) is 5.92 Å². The van der Waals surface area contributed by atoms with Crippen LogP contribution < -0.4 is 10.2 Å². The van der Waals surface area contributed by atoms with Gasteiger partial charge in [-0.3, -0.25) is 4.79 Å². The minimum Gasteiger partial charge on any atom is -0.315 e. The lowest BCUT2D eigenvalue weighted by atomic mass is 9.94. The highest BCUT2D eigenvalue weighted by atomic mass is 16.2. The van der Waals surface area contributed by atoms with Crippen molar-refractivity contribution in [1.82, 2.24) is 5.32 Å². The van der Waals surface area contributed by atoms with Gasteiger partial charge in [-0.2, -0.15) is 0 Å². The van der Waals surface area contributed by atoms with Crippen molar-refractivity contribution >= 4 is 11.6 Å². The molecule has 1 N–H and O–H groups in total. The predicted molar refractivity (Wildman–Crippen MR) is 74.8 cm³/mol. The van der Waals surface area contributed by atoms with Gasteiger partial charge in [0.25, 0.3) is 0 Å². The number of nitrogens with one attached hydrogen (secondary N) is 1. The molecule has 98 valence electrons. The van der Waals surface area contributed by atoms with Gasteiger partial charge in [-0.15, -0.1) is 0 Å². The molecule has 0 bridgehead atoms. The third-order valence-electron chi connectivity index (χ3n) is 3.63. The second-order valence-corrected chi connectivity index (χ2v) is 5.30. The van der Waals surface area contributed by atoms with Gasteiger partial charge in [0.15, 0.2) is 0 Å². The molecule has 0 fully saturated rings. The molecule has 0 saturated heterocycles. The lowest BCUT2D eigenvalue weighted by Gasteiger charge is -2.23. The van der Waals surface area contributed by atoms with E-state index in [0.29, 0.717) is 18.4 Å². The normalized spacial score (nSPS) is 16.3. The van der Waals surface area contributed by atoms with Crippen LogP contribution in [0, 0.1) is 5.92 Å². The van der Waals surface area contributed by atoms with Crippen molar-refractivity contribution in [1.29, 1.82) is 0 Å². The molecule has 0 aromatic heterocycles. The van der Waals surface area contributed by atoms with E-state index in [1.165, 1.54) is 5.56 Å². The summed E-state index contributed by atoms with van der Waals surface area (Å²) in [6.45, 7) is 7.52. The fraction of sp³-hybridized carbons (Fsp3) is 0.533. The number of hydrogen-bond donors (Lipinski definition) is 1. The van der Waals surface area contributed by atoms with Crippen molar-refractivity contribution in [2.75, 3.05) is 18.5 Å². The summed E-state index contributed by atoms with van der Waals surface area (Å²) in [5.74, 6) is 0.726. The first-order chi connectivity index (χ1) is 8.54. The zero-order valence-corrected chi connectivity index (χ0v) is 11.7. The molecule has 1 unspecified atom stereocenters. The average molecular weight is 246 g/mol. The van der Waals surface area contributed by atoms with Gasteiger partial charge in [-0.25, -0.2) is 0 Å². The number of amides is 1. The predicted octanol–water partition coefficient (Wildman–Crippen LogP) is 2.51. The van der Waals surface area contributed by atoms with Crippen molar-refractivity contribution in [2.45, 2.75) is 33.2 Å². The van der Waals surface area contributed by atoms with Crippen molar-refractivity contribution in [3.63, 3.8) is 0 Å². The summed E-state index contributed by atoms with van der Waals surface area (Å²) < 4.78 is 0. The first-order valence-corrected chi connectivity index (χ1v) is 6.67. The van der Waals surface area contributed by atoms with Crippen LogP contribution in [-0.2, 0) is 11.2 Å². The third kappa shape index (κ3) is 2.27. The zero-order valence-electron chi connectivity index (χ0n) is 11.7. The lowest BCUT2D eigenvalue weighted by Crippen LogP contribution is -2.25. The van der Waals surface area contributed by atoms with Gasteiger partial charge in [-0.05, 0) is 29.7 Å². The van der Waals surface area contributed by atoms with Crippen LogP contribution in [-0.4, -0.2) is 19.5 Å². The van der Waals surface area contributed by atoms with E-state index >= 15 is 0 Å². The Bertz CT molecular complexity index is 454. The lowest BCUT2D eigenvalue weighted by molar-refractivity contribution is -0.117. The van der Waals surface area contributed by atoms with Crippen LogP contribution in [0.25, 0.3) is 0 Å². The van der Waals surface area contributed by atoms with Gasteiger partial charge >= 0.3 is 0 Å². The summed E-state index contributed by atoms with van der Waals surface area (Å²) in [4.78, 5) is 13.4. The quantitative estimate of drug-likeness (QED) is 0.885. The van der Waals surface area contributed by atoms with Gasteiger partial charge in [0.1, 0.15) is 0 Å². The monoisotopic (exact) mass is 246 g/mol. The van der Waals surface area contributed by atoms with E-state index in [4.69, 9.17) is 0 Å². The smallest absolute Gasteiger partial charge is 0.231 e. The number of fused-ring (bicyclic) bond motifs is 1. The van der Waals surface area contributed by atoms with E-state index in [9.17, 15) is 4.79 Å². The Morgan fingerprint density at radius 1 is 1.39 bits per heavy atom. The van der Waals surface area contributed by atoms with Crippen molar-refractivity contribution in [3.8, 4) is 0 Å².